The van der Waals surface area contributed by atoms with E-state index in [2.05, 4.69) is 15.0 Å². The topological polar surface area (TPSA) is 110 Å². The van der Waals surface area contributed by atoms with Crippen molar-refractivity contribution in [2.24, 2.45) is 5.41 Å². The molecular formula is C11H13N5O2. The quantitative estimate of drug-likeness (QED) is 0.689. The molecule has 94 valence electrons. The first-order valence-electron chi connectivity index (χ1n) is 5.58. The van der Waals surface area contributed by atoms with Crippen LogP contribution in [-0.4, -0.2) is 31.2 Å². The molecule has 7 heteroatoms. The minimum absolute atomic E-state index is 0.0633. The number of aliphatic hydroxyl groups is 1. The van der Waals surface area contributed by atoms with Gasteiger partial charge < -0.3 is 10.8 Å². The van der Waals surface area contributed by atoms with Crippen LogP contribution in [0.15, 0.2) is 16.7 Å². The number of hydrogen-bond donors (Lipinski definition) is 3. The van der Waals surface area contributed by atoms with E-state index in [1.54, 1.807) is 4.57 Å². The van der Waals surface area contributed by atoms with E-state index in [9.17, 15) is 9.90 Å². The molecule has 0 saturated heterocycles. The first kappa shape index (κ1) is 11.0. The van der Waals surface area contributed by atoms with Crippen molar-refractivity contribution in [2.75, 3.05) is 12.3 Å². The fraction of sp³-hybridized carbons (Fsp3) is 0.364. The van der Waals surface area contributed by atoms with Crippen molar-refractivity contribution in [3.8, 4) is 0 Å². The van der Waals surface area contributed by atoms with Crippen LogP contribution in [-0.2, 0) is 0 Å². The third-order valence-corrected chi connectivity index (χ3v) is 3.33. The molecule has 4 N–H and O–H groups in total. The van der Waals surface area contributed by atoms with Gasteiger partial charge in [-0.25, -0.2) is 4.98 Å². The van der Waals surface area contributed by atoms with Crippen molar-refractivity contribution in [2.45, 2.75) is 13.3 Å². The van der Waals surface area contributed by atoms with Crippen molar-refractivity contribution in [1.29, 1.82) is 0 Å². The first-order valence-corrected chi connectivity index (χ1v) is 5.58. The Morgan fingerprint density at radius 2 is 2.50 bits per heavy atom. The Kier molecular flexibility index (Phi) is 2.09. The van der Waals surface area contributed by atoms with E-state index in [1.165, 1.54) is 6.33 Å². The fourth-order valence-electron chi connectivity index (χ4n) is 1.94. The Bertz CT molecular complexity index is 714. The van der Waals surface area contributed by atoms with E-state index in [4.69, 9.17) is 5.73 Å². The highest BCUT2D eigenvalue weighted by Gasteiger charge is 2.43. The molecule has 0 aromatic carbocycles. The summed E-state index contributed by atoms with van der Waals surface area (Å²) in [5, 5.41) is 9.21. The lowest BCUT2D eigenvalue weighted by molar-refractivity contribution is 0.233. The number of rotatable bonds is 2. The number of H-pyrrole nitrogens is 1. The molecule has 2 aromatic heterocycles. The van der Waals surface area contributed by atoms with E-state index in [0.29, 0.717) is 5.65 Å². The van der Waals surface area contributed by atoms with Gasteiger partial charge in [-0.3, -0.25) is 14.3 Å². The normalized spacial score (nSPS) is 24.9. The molecule has 3 rings (SSSR count). The van der Waals surface area contributed by atoms with Gasteiger partial charge in [-0.2, -0.15) is 4.98 Å². The maximum absolute atomic E-state index is 11.6. The number of nitrogens with one attached hydrogen (secondary N) is 1. The van der Waals surface area contributed by atoms with E-state index in [1.807, 2.05) is 13.1 Å². The third-order valence-electron chi connectivity index (χ3n) is 3.33. The molecule has 2 aromatic rings. The van der Waals surface area contributed by atoms with Crippen LogP contribution in [0.5, 0.6) is 0 Å². The predicted octanol–water partition coefficient (Wildman–Crippen LogP) is -0.0550. The number of imidazole rings is 1. The highest BCUT2D eigenvalue weighted by molar-refractivity contribution is 5.73. The number of anilines is 1. The van der Waals surface area contributed by atoms with Crippen LogP contribution in [0.4, 0.5) is 5.95 Å². The lowest BCUT2D eigenvalue weighted by Gasteiger charge is -2.00. The van der Waals surface area contributed by atoms with E-state index in [-0.39, 0.29) is 29.0 Å². The number of nitrogen functional groups attached to an aromatic ring is 1. The standard InChI is InChI=1S/C11H13N5O2/c1-11(4-17)2-6(11)3-16-5-13-7-8(16)14-10(12)15-9(7)18/h3,5,17H,2,4H2,1H3,(H3,12,14,15,18)/b6-3-. The average Bonchev–Trinajstić information content (AvgIpc) is 2.78. The van der Waals surface area contributed by atoms with Gasteiger partial charge >= 0.3 is 0 Å². The molecule has 0 aliphatic heterocycles. The minimum atomic E-state index is -0.352. The molecule has 2 heterocycles. The summed E-state index contributed by atoms with van der Waals surface area (Å²) in [6.45, 7) is 2.09. The number of nitrogens with zero attached hydrogens (tertiary/aromatic N) is 3. The number of aromatic amines is 1. The first-order chi connectivity index (χ1) is 8.53. The second-order valence-electron chi connectivity index (χ2n) is 4.83. The predicted molar refractivity (Wildman–Crippen MR) is 66.6 cm³/mol. The average molecular weight is 247 g/mol. The maximum atomic E-state index is 11.6. The number of aliphatic hydroxyl groups excluding tert-OH is 1. The van der Waals surface area contributed by atoms with Gasteiger partial charge in [0.25, 0.3) is 5.56 Å². The van der Waals surface area contributed by atoms with Gasteiger partial charge in [0.2, 0.25) is 5.95 Å². The zero-order valence-corrected chi connectivity index (χ0v) is 9.84. The molecule has 1 aliphatic carbocycles. The Hall–Kier alpha value is -2.15. The third kappa shape index (κ3) is 1.52. The summed E-state index contributed by atoms with van der Waals surface area (Å²) in [6, 6.07) is 0. The molecule has 1 aliphatic rings. The number of aromatic nitrogens is 4. The lowest BCUT2D eigenvalue weighted by atomic mass is 10.1. The molecule has 1 fully saturated rings. The summed E-state index contributed by atoms with van der Waals surface area (Å²) in [4.78, 5) is 22.1. The molecule has 0 bridgehead atoms. The summed E-state index contributed by atoms with van der Waals surface area (Å²) in [7, 11) is 0. The maximum Gasteiger partial charge on any atom is 0.280 e. The molecule has 18 heavy (non-hydrogen) atoms. The van der Waals surface area contributed by atoms with E-state index >= 15 is 0 Å². The summed E-state index contributed by atoms with van der Waals surface area (Å²) in [5.74, 6) is 0.0633. The number of fused-ring (bicyclic) bond motifs is 1. The highest BCUT2D eigenvalue weighted by atomic mass is 16.3. The van der Waals surface area contributed by atoms with Crippen LogP contribution >= 0.6 is 0 Å². The molecule has 1 saturated carbocycles. The van der Waals surface area contributed by atoms with Crippen molar-refractivity contribution >= 4 is 23.3 Å². The second kappa shape index (κ2) is 3.42. The molecule has 0 amide bonds. The molecule has 1 atom stereocenters. The number of hydrogen-bond acceptors (Lipinski definition) is 5. The monoisotopic (exact) mass is 247 g/mol. The van der Waals surface area contributed by atoms with Crippen LogP contribution in [0.1, 0.15) is 13.3 Å². The van der Waals surface area contributed by atoms with Gasteiger partial charge in [-0.1, -0.05) is 6.92 Å². The Labute approximate surface area is 102 Å². The summed E-state index contributed by atoms with van der Waals surface area (Å²) in [6.07, 6.45) is 4.20. The fourth-order valence-corrected chi connectivity index (χ4v) is 1.94. The Balaban J connectivity index is 2.13. The summed E-state index contributed by atoms with van der Waals surface area (Å²) >= 11 is 0. The van der Waals surface area contributed by atoms with Crippen LogP contribution in [0.3, 0.4) is 0 Å². The van der Waals surface area contributed by atoms with Gasteiger partial charge in [0.1, 0.15) is 6.33 Å². The van der Waals surface area contributed by atoms with E-state index in [0.717, 1.165) is 12.0 Å². The Morgan fingerprint density at radius 1 is 1.72 bits per heavy atom. The molecule has 0 radical (unpaired) electrons. The Morgan fingerprint density at radius 3 is 3.17 bits per heavy atom. The van der Waals surface area contributed by atoms with Crippen LogP contribution in [0, 0.1) is 5.41 Å². The van der Waals surface area contributed by atoms with Crippen molar-refractivity contribution in [3.63, 3.8) is 0 Å². The number of nitrogens with two attached hydrogens (primary N) is 1. The largest absolute Gasteiger partial charge is 0.395 e. The van der Waals surface area contributed by atoms with Crippen molar-refractivity contribution < 1.29 is 5.11 Å². The van der Waals surface area contributed by atoms with Crippen molar-refractivity contribution in [3.05, 3.63) is 22.3 Å². The second-order valence-corrected chi connectivity index (χ2v) is 4.83. The minimum Gasteiger partial charge on any atom is -0.395 e. The molecule has 0 spiro atoms. The molecular weight excluding hydrogens is 234 g/mol. The SMILES string of the molecule is CC1(CO)C/C1=C/n1cnc2c(=O)[nH]c(N)nc21. The van der Waals surface area contributed by atoms with Gasteiger partial charge in [-0.05, 0) is 12.0 Å². The van der Waals surface area contributed by atoms with Crippen molar-refractivity contribution in [1.82, 2.24) is 19.5 Å². The van der Waals surface area contributed by atoms with Gasteiger partial charge in [0, 0.05) is 11.6 Å². The summed E-state index contributed by atoms with van der Waals surface area (Å²) < 4.78 is 1.66. The smallest absolute Gasteiger partial charge is 0.280 e. The van der Waals surface area contributed by atoms with Crippen LogP contribution in [0.2, 0.25) is 0 Å². The van der Waals surface area contributed by atoms with Crippen LogP contribution in [0.25, 0.3) is 17.4 Å². The molecule has 7 nitrogen and oxygen atoms in total. The van der Waals surface area contributed by atoms with Gasteiger partial charge in [0.05, 0.1) is 6.61 Å². The zero-order chi connectivity index (χ0) is 12.9. The summed E-state index contributed by atoms with van der Waals surface area (Å²) in [5.41, 5.74) is 6.79. The van der Waals surface area contributed by atoms with E-state index < -0.39 is 0 Å². The molecule has 1 unspecified atom stereocenters. The van der Waals surface area contributed by atoms with Gasteiger partial charge in [-0.15, -0.1) is 0 Å². The van der Waals surface area contributed by atoms with Crippen LogP contribution < -0.4 is 11.3 Å². The zero-order valence-electron chi connectivity index (χ0n) is 9.84. The van der Waals surface area contributed by atoms with Gasteiger partial charge in [0.15, 0.2) is 11.2 Å². The lowest BCUT2D eigenvalue weighted by Crippen LogP contribution is -2.11. The highest BCUT2D eigenvalue weighted by Crippen LogP contribution is 2.51.